The lowest BCUT2D eigenvalue weighted by atomic mass is 10.3. The predicted molar refractivity (Wildman–Crippen MR) is 34.7 cm³/mol. The summed E-state index contributed by atoms with van der Waals surface area (Å²) in [5, 5.41) is 8.33. The Morgan fingerprint density at radius 3 is 3.00 bits per heavy atom. The first-order valence-corrected chi connectivity index (χ1v) is 2.91. The summed E-state index contributed by atoms with van der Waals surface area (Å²) in [4.78, 5) is 16.8. The predicted octanol–water partition coefficient (Wildman–Crippen LogP) is 0.345. The van der Waals surface area contributed by atoms with E-state index in [1.54, 1.807) is 6.92 Å². The third kappa shape index (κ3) is 1.58. The van der Waals surface area contributed by atoms with Crippen molar-refractivity contribution in [1.29, 1.82) is 0 Å². The number of carboxylic acids is 1. The van der Waals surface area contributed by atoms with Gasteiger partial charge in [-0.1, -0.05) is 0 Å². The fourth-order valence-corrected chi connectivity index (χ4v) is 0.724. The highest BCUT2D eigenvalue weighted by atomic mass is 16.4. The Morgan fingerprint density at radius 2 is 2.60 bits per heavy atom. The number of nitrogens with one attached hydrogen (secondary N) is 1. The van der Waals surface area contributed by atoms with Gasteiger partial charge in [-0.05, 0) is 6.92 Å². The highest BCUT2D eigenvalue weighted by Crippen LogP contribution is 1.95. The lowest BCUT2D eigenvalue weighted by Gasteiger charge is -1.86. The van der Waals surface area contributed by atoms with Crippen LogP contribution in [0.3, 0.4) is 0 Å². The molecule has 4 nitrogen and oxygen atoms in total. The average molecular weight is 140 g/mol. The number of aromatic amines is 1. The summed E-state index contributed by atoms with van der Waals surface area (Å²) < 4.78 is 0. The topological polar surface area (TPSA) is 66.0 Å². The van der Waals surface area contributed by atoms with Gasteiger partial charge >= 0.3 is 5.97 Å². The van der Waals surface area contributed by atoms with E-state index in [0.717, 1.165) is 5.82 Å². The van der Waals surface area contributed by atoms with Gasteiger partial charge in [-0.3, -0.25) is 4.79 Å². The molecule has 1 aromatic heterocycles. The smallest absolute Gasteiger partial charge is 0.309 e. The second-order valence-electron chi connectivity index (χ2n) is 2.06. The molecule has 0 atom stereocenters. The van der Waals surface area contributed by atoms with Crippen molar-refractivity contribution in [2.45, 2.75) is 13.3 Å². The summed E-state index contributed by atoms with van der Waals surface area (Å²) in [6, 6.07) is 0. The van der Waals surface area contributed by atoms with Gasteiger partial charge in [-0.25, -0.2) is 4.98 Å². The van der Waals surface area contributed by atoms with Gasteiger partial charge < -0.3 is 10.1 Å². The van der Waals surface area contributed by atoms with Crippen molar-refractivity contribution in [2.75, 3.05) is 0 Å². The Kier molecular flexibility index (Phi) is 1.71. The second kappa shape index (κ2) is 2.51. The number of nitrogens with zero attached hydrogens (tertiary/aromatic N) is 1. The molecule has 54 valence electrons. The van der Waals surface area contributed by atoms with Crippen LogP contribution in [-0.2, 0) is 11.2 Å². The Morgan fingerprint density at radius 1 is 1.90 bits per heavy atom. The summed E-state index contributed by atoms with van der Waals surface area (Å²) in [5.74, 6) is -0.0973. The normalized spacial score (nSPS) is 9.70. The summed E-state index contributed by atoms with van der Waals surface area (Å²) >= 11 is 0. The summed E-state index contributed by atoms with van der Waals surface area (Å²) in [5.41, 5.74) is 0.644. The Balaban J connectivity index is 2.67. The number of carboxylic acid groups (broad SMARTS) is 1. The molecule has 1 rings (SSSR count). The molecule has 0 aliphatic heterocycles. The van der Waals surface area contributed by atoms with E-state index in [9.17, 15) is 4.79 Å². The van der Waals surface area contributed by atoms with Gasteiger partial charge in [-0.15, -0.1) is 0 Å². The minimum Gasteiger partial charge on any atom is -0.481 e. The monoisotopic (exact) mass is 140 g/mol. The number of aliphatic carboxylic acids is 1. The van der Waals surface area contributed by atoms with E-state index in [0.29, 0.717) is 5.69 Å². The molecule has 2 N–H and O–H groups in total. The van der Waals surface area contributed by atoms with Gasteiger partial charge in [0.05, 0.1) is 6.42 Å². The Hall–Kier alpha value is -1.32. The molecule has 4 heteroatoms. The van der Waals surface area contributed by atoms with E-state index < -0.39 is 5.97 Å². The fraction of sp³-hybridized carbons (Fsp3) is 0.333. The molecular formula is C6H8N2O2. The number of hydrogen-bond donors (Lipinski definition) is 2. The van der Waals surface area contributed by atoms with Crippen LogP contribution in [0.4, 0.5) is 0 Å². The first kappa shape index (κ1) is 6.80. The third-order valence-corrected chi connectivity index (χ3v) is 1.10. The van der Waals surface area contributed by atoms with Crippen molar-refractivity contribution < 1.29 is 9.90 Å². The molecule has 0 aliphatic rings. The van der Waals surface area contributed by atoms with Crippen LogP contribution >= 0.6 is 0 Å². The van der Waals surface area contributed by atoms with Crippen molar-refractivity contribution in [3.63, 3.8) is 0 Å². The van der Waals surface area contributed by atoms with Crippen LogP contribution in [0.15, 0.2) is 6.20 Å². The standard InChI is InChI=1S/C6H8N2O2/c1-4-7-3-5(8-4)2-6(9)10/h3H,2H2,1H3,(H,7,8)(H,9,10). The maximum Gasteiger partial charge on any atom is 0.309 e. The van der Waals surface area contributed by atoms with Gasteiger partial charge in [0.15, 0.2) is 0 Å². The van der Waals surface area contributed by atoms with Crippen LogP contribution in [0.2, 0.25) is 0 Å². The quantitative estimate of drug-likeness (QED) is 0.622. The number of H-pyrrole nitrogens is 1. The molecular weight excluding hydrogens is 132 g/mol. The summed E-state index contributed by atoms with van der Waals surface area (Å²) in [6.45, 7) is 1.78. The fourth-order valence-electron chi connectivity index (χ4n) is 0.724. The lowest BCUT2D eigenvalue weighted by Crippen LogP contribution is -1.99. The molecule has 1 aromatic rings. The first-order valence-electron chi connectivity index (χ1n) is 2.91. The average Bonchev–Trinajstić information content (AvgIpc) is 2.13. The molecule has 0 amide bonds. The molecule has 0 fully saturated rings. The maximum atomic E-state index is 10.1. The van der Waals surface area contributed by atoms with Crippen molar-refractivity contribution in [3.05, 3.63) is 17.7 Å². The molecule has 0 unspecified atom stereocenters. The van der Waals surface area contributed by atoms with Crippen LogP contribution in [0.5, 0.6) is 0 Å². The number of hydrogen-bond acceptors (Lipinski definition) is 2. The molecule has 0 aromatic carbocycles. The van der Waals surface area contributed by atoms with E-state index in [2.05, 4.69) is 9.97 Å². The van der Waals surface area contributed by atoms with Crippen LogP contribution in [0.1, 0.15) is 11.5 Å². The van der Waals surface area contributed by atoms with E-state index in [1.165, 1.54) is 6.20 Å². The highest BCUT2D eigenvalue weighted by molar-refractivity contribution is 5.69. The number of aromatic nitrogens is 2. The van der Waals surface area contributed by atoms with Gasteiger partial charge in [0.2, 0.25) is 0 Å². The second-order valence-corrected chi connectivity index (χ2v) is 2.06. The van der Waals surface area contributed by atoms with Gasteiger partial charge in [0.25, 0.3) is 0 Å². The Bertz CT molecular complexity index is 242. The highest BCUT2D eigenvalue weighted by Gasteiger charge is 2.01. The van der Waals surface area contributed by atoms with Crippen molar-refractivity contribution >= 4 is 5.97 Å². The molecule has 0 radical (unpaired) electrons. The van der Waals surface area contributed by atoms with Crippen molar-refractivity contribution in [1.82, 2.24) is 9.97 Å². The summed E-state index contributed by atoms with van der Waals surface area (Å²) in [6.07, 6.45) is 1.55. The number of carbonyl (C=O) groups is 1. The van der Waals surface area contributed by atoms with Gasteiger partial charge in [0, 0.05) is 11.9 Å². The van der Waals surface area contributed by atoms with E-state index >= 15 is 0 Å². The first-order chi connectivity index (χ1) is 4.68. The van der Waals surface area contributed by atoms with Crippen molar-refractivity contribution in [2.24, 2.45) is 0 Å². The Labute approximate surface area is 57.9 Å². The molecule has 0 bridgehead atoms. The number of aryl methyl sites for hydroxylation is 1. The van der Waals surface area contributed by atoms with Gasteiger partial charge in [0.1, 0.15) is 5.82 Å². The molecule has 0 saturated carbocycles. The van der Waals surface area contributed by atoms with Crippen LogP contribution in [0, 0.1) is 6.92 Å². The minimum absolute atomic E-state index is 0.0147. The molecule has 1 heterocycles. The molecule has 0 saturated heterocycles. The van der Waals surface area contributed by atoms with E-state index in [-0.39, 0.29) is 6.42 Å². The van der Waals surface area contributed by atoms with Gasteiger partial charge in [-0.2, -0.15) is 0 Å². The SMILES string of the molecule is Cc1ncc(CC(=O)O)[nH]1. The zero-order valence-electron chi connectivity index (χ0n) is 5.59. The van der Waals surface area contributed by atoms with Crippen LogP contribution < -0.4 is 0 Å². The van der Waals surface area contributed by atoms with Crippen LogP contribution in [-0.4, -0.2) is 21.0 Å². The number of imidazole rings is 1. The zero-order chi connectivity index (χ0) is 7.56. The van der Waals surface area contributed by atoms with E-state index in [4.69, 9.17) is 5.11 Å². The lowest BCUT2D eigenvalue weighted by molar-refractivity contribution is -0.136. The molecule has 10 heavy (non-hydrogen) atoms. The maximum absolute atomic E-state index is 10.1. The number of rotatable bonds is 2. The van der Waals surface area contributed by atoms with Crippen LogP contribution in [0.25, 0.3) is 0 Å². The van der Waals surface area contributed by atoms with Crippen molar-refractivity contribution in [3.8, 4) is 0 Å². The zero-order valence-corrected chi connectivity index (χ0v) is 5.59. The largest absolute Gasteiger partial charge is 0.481 e. The molecule has 0 spiro atoms. The molecule has 0 aliphatic carbocycles. The third-order valence-electron chi connectivity index (χ3n) is 1.10. The summed E-state index contributed by atoms with van der Waals surface area (Å²) in [7, 11) is 0. The minimum atomic E-state index is -0.844. The van der Waals surface area contributed by atoms with E-state index in [1.807, 2.05) is 0 Å².